The SMILES string of the molecule is Cc1nc2ccccc2n(CCC2CCNCC2)c1=O. The summed E-state index contributed by atoms with van der Waals surface area (Å²) in [6.45, 7) is 4.81. The third-order valence-electron chi connectivity index (χ3n) is 4.24. The Hall–Kier alpha value is -1.68. The van der Waals surface area contributed by atoms with Crippen LogP contribution < -0.4 is 10.9 Å². The van der Waals surface area contributed by atoms with E-state index in [1.807, 2.05) is 28.8 Å². The first-order valence-electron chi connectivity index (χ1n) is 7.42. The third kappa shape index (κ3) is 2.61. The fourth-order valence-electron chi connectivity index (χ4n) is 3.02. The number of benzene rings is 1. The van der Waals surface area contributed by atoms with E-state index in [0.717, 1.165) is 43.0 Å². The highest BCUT2D eigenvalue weighted by atomic mass is 16.1. The zero-order chi connectivity index (χ0) is 13.9. The van der Waals surface area contributed by atoms with Crippen molar-refractivity contribution in [1.29, 1.82) is 0 Å². The van der Waals surface area contributed by atoms with Crippen molar-refractivity contribution < 1.29 is 0 Å². The summed E-state index contributed by atoms with van der Waals surface area (Å²) < 4.78 is 1.90. The Morgan fingerprint density at radius 2 is 2.05 bits per heavy atom. The Labute approximate surface area is 118 Å². The van der Waals surface area contributed by atoms with E-state index < -0.39 is 0 Å². The van der Waals surface area contributed by atoms with Crippen LogP contribution in [0.25, 0.3) is 11.0 Å². The lowest BCUT2D eigenvalue weighted by molar-refractivity contribution is 0.338. The molecule has 0 amide bonds. The van der Waals surface area contributed by atoms with Crippen LogP contribution in [-0.4, -0.2) is 22.6 Å². The number of para-hydroxylation sites is 2. The Kier molecular flexibility index (Phi) is 3.83. The maximum atomic E-state index is 12.3. The molecule has 1 aromatic carbocycles. The summed E-state index contributed by atoms with van der Waals surface area (Å²) in [6, 6.07) is 7.91. The van der Waals surface area contributed by atoms with Crippen molar-refractivity contribution >= 4 is 11.0 Å². The smallest absolute Gasteiger partial charge is 0.272 e. The maximum absolute atomic E-state index is 12.3. The number of aryl methyl sites for hydroxylation is 2. The average Bonchev–Trinajstić information content (AvgIpc) is 2.49. The highest BCUT2D eigenvalue weighted by Gasteiger charge is 2.14. The average molecular weight is 271 g/mol. The molecule has 1 saturated heterocycles. The number of fused-ring (bicyclic) bond motifs is 1. The van der Waals surface area contributed by atoms with Crippen LogP contribution in [0.2, 0.25) is 0 Å². The van der Waals surface area contributed by atoms with Gasteiger partial charge in [0.05, 0.1) is 11.0 Å². The molecule has 0 spiro atoms. The standard InChI is InChI=1S/C16H21N3O/c1-12-16(20)19(11-8-13-6-9-17-10-7-13)15-5-3-2-4-14(15)18-12/h2-5,13,17H,6-11H2,1H3. The zero-order valence-corrected chi connectivity index (χ0v) is 11.9. The fraction of sp³-hybridized carbons (Fsp3) is 0.500. The predicted molar refractivity (Wildman–Crippen MR) is 81.0 cm³/mol. The Balaban J connectivity index is 1.89. The van der Waals surface area contributed by atoms with Crippen LogP contribution in [0.4, 0.5) is 0 Å². The van der Waals surface area contributed by atoms with Gasteiger partial charge in [-0.05, 0) is 57.3 Å². The molecule has 1 N–H and O–H groups in total. The molecule has 0 unspecified atom stereocenters. The van der Waals surface area contributed by atoms with Crippen LogP contribution in [0, 0.1) is 12.8 Å². The monoisotopic (exact) mass is 271 g/mol. The van der Waals surface area contributed by atoms with Gasteiger partial charge in [0.15, 0.2) is 0 Å². The van der Waals surface area contributed by atoms with E-state index >= 15 is 0 Å². The molecule has 3 rings (SSSR count). The van der Waals surface area contributed by atoms with E-state index in [1.165, 1.54) is 12.8 Å². The highest BCUT2D eigenvalue weighted by molar-refractivity contribution is 5.74. The summed E-state index contributed by atoms with van der Waals surface area (Å²) in [7, 11) is 0. The molecule has 0 saturated carbocycles. The molecule has 4 heteroatoms. The fourth-order valence-corrected chi connectivity index (χ4v) is 3.02. The summed E-state index contributed by atoms with van der Waals surface area (Å²) >= 11 is 0. The summed E-state index contributed by atoms with van der Waals surface area (Å²) in [4.78, 5) is 16.7. The predicted octanol–water partition coefficient (Wildman–Crippen LogP) is 2.09. The molecule has 2 aromatic rings. The number of nitrogens with zero attached hydrogens (tertiary/aromatic N) is 2. The second kappa shape index (κ2) is 5.75. The summed E-state index contributed by atoms with van der Waals surface area (Å²) in [5.41, 5.74) is 2.51. The molecule has 1 aliphatic heterocycles. The molecule has 4 nitrogen and oxygen atoms in total. The van der Waals surface area contributed by atoms with Gasteiger partial charge in [0, 0.05) is 6.54 Å². The molecule has 20 heavy (non-hydrogen) atoms. The van der Waals surface area contributed by atoms with Gasteiger partial charge >= 0.3 is 0 Å². The van der Waals surface area contributed by atoms with Crippen LogP contribution in [0.3, 0.4) is 0 Å². The van der Waals surface area contributed by atoms with Gasteiger partial charge in [-0.25, -0.2) is 4.98 Å². The second-order valence-electron chi connectivity index (χ2n) is 5.62. The molecule has 1 fully saturated rings. The minimum Gasteiger partial charge on any atom is -0.317 e. The van der Waals surface area contributed by atoms with Gasteiger partial charge in [0.1, 0.15) is 5.69 Å². The number of aromatic nitrogens is 2. The molecule has 0 atom stereocenters. The molecule has 2 heterocycles. The Morgan fingerprint density at radius 3 is 2.85 bits per heavy atom. The first kappa shape index (κ1) is 13.3. The Bertz CT molecular complexity index is 656. The van der Waals surface area contributed by atoms with Crippen molar-refractivity contribution in [3.05, 3.63) is 40.3 Å². The summed E-state index contributed by atoms with van der Waals surface area (Å²) in [5.74, 6) is 0.732. The molecular formula is C16H21N3O. The van der Waals surface area contributed by atoms with Gasteiger partial charge in [-0.15, -0.1) is 0 Å². The number of hydrogen-bond acceptors (Lipinski definition) is 3. The minimum atomic E-state index is 0.0534. The lowest BCUT2D eigenvalue weighted by Crippen LogP contribution is -2.30. The molecule has 1 aliphatic rings. The minimum absolute atomic E-state index is 0.0534. The first-order valence-corrected chi connectivity index (χ1v) is 7.42. The van der Waals surface area contributed by atoms with Gasteiger partial charge in [-0.3, -0.25) is 4.79 Å². The number of nitrogens with one attached hydrogen (secondary N) is 1. The van der Waals surface area contributed by atoms with Gasteiger partial charge in [-0.2, -0.15) is 0 Å². The van der Waals surface area contributed by atoms with E-state index in [4.69, 9.17) is 0 Å². The molecule has 106 valence electrons. The summed E-state index contributed by atoms with van der Waals surface area (Å²) in [6.07, 6.45) is 3.52. The number of hydrogen-bond donors (Lipinski definition) is 1. The molecule has 0 radical (unpaired) electrons. The van der Waals surface area contributed by atoms with E-state index in [2.05, 4.69) is 10.3 Å². The van der Waals surface area contributed by atoms with Crippen molar-refractivity contribution in [3.8, 4) is 0 Å². The van der Waals surface area contributed by atoms with E-state index in [0.29, 0.717) is 5.69 Å². The normalized spacial score (nSPS) is 16.6. The Morgan fingerprint density at radius 1 is 1.30 bits per heavy atom. The van der Waals surface area contributed by atoms with Gasteiger partial charge in [0.2, 0.25) is 0 Å². The van der Waals surface area contributed by atoms with Gasteiger partial charge in [-0.1, -0.05) is 12.1 Å². The van der Waals surface area contributed by atoms with Crippen molar-refractivity contribution in [2.75, 3.05) is 13.1 Å². The van der Waals surface area contributed by atoms with Crippen molar-refractivity contribution in [3.63, 3.8) is 0 Å². The van der Waals surface area contributed by atoms with Crippen LogP contribution in [0.1, 0.15) is 25.0 Å². The van der Waals surface area contributed by atoms with E-state index in [9.17, 15) is 4.79 Å². The third-order valence-corrected chi connectivity index (χ3v) is 4.24. The summed E-state index contributed by atoms with van der Waals surface area (Å²) in [5, 5.41) is 3.38. The number of rotatable bonds is 3. The lowest BCUT2D eigenvalue weighted by atomic mass is 9.94. The van der Waals surface area contributed by atoms with Crippen molar-refractivity contribution in [2.45, 2.75) is 32.7 Å². The molecule has 1 aromatic heterocycles. The number of piperidine rings is 1. The quantitative estimate of drug-likeness (QED) is 0.930. The highest BCUT2D eigenvalue weighted by Crippen LogP contribution is 2.18. The largest absolute Gasteiger partial charge is 0.317 e. The topological polar surface area (TPSA) is 46.9 Å². The maximum Gasteiger partial charge on any atom is 0.272 e. The van der Waals surface area contributed by atoms with Crippen LogP contribution in [-0.2, 0) is 6.54 Å². The van der Waals surface area contributed by atoms with Crippen LogP contribution >= 0.6 is 0 Å². The van der Waals surface area contributed by atoms with Gasteiger partial charge < -0.3 is 9.88 Å². The molecule has 0 bridgehead atoms. The zero-order valence-electron chi connectivity index (χ0n) is 11.9. The van der Waals surface area contributed by atoms with E-state index in [1.54, 1.807) is 6.92 Å². The van der Waals surface area contributed by atoms with Crippen LogP contribution in [0.15, 0.2) is 29.1 Å². The van der Waals surface area contributed by atoms with Gasteiger partial charge in [0.25, 0.3) is 5.56 Å². The van der Waals surface area contributed by atoms with Crippen molar-refractivity contribution in [1.82, 2.24) is 14.9 Å². The second-order valence-corrected chi connectivity index (χ2v) is 5.62. The lowest BCUT2D eigenvalue weighted by Gasteiger charge is -2.23. The van der Waals surface area contributed by atoms with Crippen molar-refractivity contribution in [2.24, 2.45) is 5.92 Å². The molecular weight excluding hydrogens is 250 g/mol. The first-order chi connectivity index (χ1) is 9.75. The molecule has 0 aliphatic carbocycles. The van der Waals surface area contributed by atoms with E-state index in [-0.39, 0.29) is 5.56 Å². The van der Waals surface area contributed by atoms with Crippen LogP contribution in [0.5, 0.6) is 0 Å².